The number of rotatable bonds is 5. The number of nitrogens with zero attached hydrogens (tertiary/aromatic N) is 1. The summed E-state index contributed by atoms with van der Waals surface area (Å²) in [6.45, 7) is 5.73. The fourth-order valence-corrected chi connectivity index (χ4v) is 3.37. The lowest BCUT2D eigenvalue weighted by Gasteiger charge is -2.14. The van der Waals surface area contributed by atoms with Gasteiger partial charge >= 0.3 is 5.69 Å². The minimum absolute atomic E-state index is 0.0301. The third kappa shape index (κ3) is 4.29. The van der Waals surface area contributed by atoms with Gasteiger partial charge in [-0.3, -0.25) is 10.1 Å². The van der Waals surface area contributed by atoms with Crippen molar-refractivity contribution < 1.29 is 18.1 Å². The van der Waals surface area contributed by atoms with E-state index in [9.17, 15) is 18.5 Å². The number of hydrogen-bond acceptors (Lipinski definition) is 5. The fourth-order valence-electron chi connectivity index (χ4n) is 2.30. The Hall–Kier alpha value is -2.12. The van der Waals surface area contributed by atoms with Crippen molar-refractivity contribution in [2.75, 3.05) is 6.26 Å². The molecule has 0 saturated carbocycles. The second kappa shape index (κ2) is 7.01. The van der Waals surface area contributed by atoms with E-state index in [1.165, 1.54) is 12.1 Å². The lowest BCUT2D eigenvalue weighted by molar-refractivity contribution is -0.385. The number of sulfone groups is 1. The lowest BCUT2D eigenvalue weighted by Crippen LogP contribution is -2.01. The van der Waals surface area contributed by atoms with E-state index < -0.39 is 20.4 Å². The number of halogens is 1. The lowest BCUT2D eigenvalue weighted by atomic mass is 10.0. The number of benzene rings is 2. The maximum absolute atomic E-state index is 11.6. The summed E-state index contributed by atoms with van der Waals surface area (Å²) in [5.74, 6) is 0.555. The summed E-state index contributed by atoms with van der Waals surface area (Å²) in [7, 11) is -3.56. The molecule has 2 aromatic rings. The summed E-state index contributed by atoms with van der Waals surface area (Å²) in [6.07, 6.45) is 0.991. The van der Waals surface area contributed by atoms with Gasteiger partial charge in [0.1, 0.15) is 5.75 Å². The van der Waals surface area contributed by atoms with Crippen molar-refractivity contribution in [3.8, 4) is 11.5 Å². The zero-order valence-corrected chi connectivity index (χ0v) is 15.8. The van der Waals surface area contributed by atoms with Gasteiger partial charge in [0.25, 0.3) is 0 Å². The molecule has 0 atom stereocenters. The molecule has 25 heavy (non-hydrogen) atoms. The van der Waals surface area contributed by atoms with E-state index in [0.717, 1.165) is 23.4 Å². The third-order valence-corrected chi connectivity index (χ3v) is 5.13. The average molecular weight is 384 g/mol. The fraction of sp³-hybridized carbons (Fsp3) is 0.294. The summed E-state index contributed by atoms with van der Waals surface area (Å²) in [4.78, 5) is 10.5. The molecule has 0 saturated heterocycles. The summed E-state index contributed by atoms with van der Waals surface area (Å²) in [6, 6.07) is 7.06. The van der Waals surface area contributed by atoms with Gasteiger partial charge in [0.05, 0.1) is 9.82 Å². The molecule has 0 amide bonds. The van der Waals surface area contributed by atoms with Crippen LogP contribution in [0.3, 0.4) is 0 Å². The van der Waals surface area contributed by atoms with E-state index in [0.29, 0.717) is 10.8 Å². The summed E-state index contributed by atoms with van der Waals surface area (Å²) in [5.41, 5.74) is 1.16. The van der Waals surface area contributed by atoms with Crippen molar-refractivity contribution in [2.24, 2.45) is 0 Å². The van der Waals surface area contributed by atoms with Crippen molar-refractivity contribution in [3.63, 3.8) is 0 Å². The molecule has 0 N–H and O–H groups in total. The first kappa shape index (κ1) is 19.2. The summed E-state index contributed by atoms with van der Waals surface area (Å²) in [5, 5.41) is 11.9. The van der Waals surface area contributed by atoms with Gasteiger partial charge in [0.2, 0.25) is 5.75 Å². The van der Waals surface area contributed by atoms with Crippen LogP contribution in [0.4, 0.5) is 5.69 Å². The summed E-state index contributed by atoms with van der Waals surface area (Å²) < 4.78 is 28.9. The molecule has 0 aliphatic rings. The van der Waals surface area contributed by atoms with E-state index in [-0.39, 0.29) is 16.6 Å². The molecule has 0 radical (unpaired) electrons. The summed E-state index contributed by atoms with van der Waals surface area (Å²) >= 11 is 6.22. The first-order chi connectivity index (χ1) is 11.5. The smallest absolute Gasteiger partial charge is 0.312 e. The Morgan fingerprint density at radius 3 is 2.32 bits per heavy atom. The average Bonchev–Trinajstić information content (AvgIpc) is 2.48. The van der Waals surface area contributed by atoms with Gasteiger partial charge in [-0.25, -0.2) is 8.42 Å². The third-order valence-electron chi connectivity index (χ3n) is 3.69. The standard InChI is InChI=1S/C17H18ClNO5S/c1-10(2)13-9-17(11(3)7-14(13)18)24-16-6-5-12(25(4,22)23)8-15(16)19(20)21/h5-10H,1-4H3. The molecule has 0 fully saturated rings. The molecule has 2 rings (SSSR count). The Kier molecular flexibility index (Phi) is 5.39. The van der Waals surface area contributed by atoms with Gasteiger partial charge in [-0.15, -0.1) is 0 Å². The monoisotopic (exact) mass is 383 g/mol. The Balaban J connectivity index is 2.54. The second-order valence-electron chi connectivity index (χ2n) is 6.05. The van der Waals surface area contributed by atoms with Gasteiger partial charge in [-0.05, 0) is 48.2 Å². The molecule has 8 heteroatoms. The first-order valence-corrected chi connectivity index (χ1v) is 9.74. The van der Waals surface area contributed by atoms with Crippen LogP contribution < -0.4 is 4.74 Å². The van der Waals surface area contributed by atoms with Gasteiger partial charge in [-0.2, -0.15) is 0 Å². The minimum Gasteiger partial charge on any atom is -0.450 e. The predicted octanol–water partition coefficient (Wildman–Crippen LogP) is 4.88. The SMILES string of the molecule is Cc1cc(Cl)c(C(C)C)cc1Oc1ccc(S(C)(=O)=O)cc1[N+](=O)[O-]. The molecule has 0 aromatic heterocycles. The molecule has 6 nitrogen and oxygen atoms in total. The molecular weight excluding hydrogens is 366 g/mol. The topological polar surface area (TPSA) is 86.5 Å². The van der Waals surface area contributed by atoms with Crippen LogP contribution in [-0.4, -0.2) is 19.6 Å². The van der Waals surface area contributed by atoms with Crippen LogP contribution in [0.5, 0.6) is 11.5 Å². The number of nitro benzene ring substituents is 1. The molecule has 0 spiro atoms. The Bertz CT molecular complexity index is 938. The predicted molar refractivity (Wildman–Crippen MR) is 96.6 cm³/mol. The zero-order chi connectivity index (χ0) is 18.9. The van der Waals surface area contributed by atoms with Crippen LogP contribution in [-0.2, 0) is 9.84 Å². The Morgan fingerprint density at radius 2 is 1.80 bits per heavy atom. The highest BCUT2D eigenvalue weighted by Crippen LogP contribution is 2.37. The van der Waals surface area contributed by atoms with E-state index in [4.69, 9.17) is 16.3 Å². The number of nitro groups is 1. The van der Waals surface area contributed by atoms with Crippen LogP contribution in [0.25, 0.3) is 0 Å². The second-order valence-corrected chi connectivity index (χ2v) is 8.48. The quantitative estimate of drug-likeness (QED) is 0.542. The van der Waals surface area contributed by atoms with Gasteiger partial charge in [0.15, 0.2) is 9.84 Å². The largest absolute Gasteiger partial charge is 0.450 e. The maximum atomic E-state index is 11.6. The highest BCUT2D eigenvalue weighted by molar-refractivity contribution is 7.90. The molecule has 2 aromatic carbocycles. The van der Waals surface area contributed by atoms with Crippen LogP contribution in [0.15, 0.2) is 35.2 Å². The number of hydrogen-bond donors (Lipinski definition) is 0. The van der Waals surface area contributed by atoms with Crippen molar-refractivity contribution in [2.45, 2.75) is 31.6 Å². The van der Waals surface area contributed by atoms with Gasteiger partial charge in [-0.1, -0.05) is 25.4 Å². The van der Waals surface area contributed by atoms with Crippen molar-refractivity contribution in [3.05, 3.63) is 56.6 Å². The van der Waals surface area contributed by atoms with Gasteiger partial charge < -0.3 is 4.74 Å². The minimum atomic E-state index is -3.56. The molecule has 0 heterocycles. The highest BCUT2D eigenvalue weighted by atomic mass is 35.5. The van der Waals surface area contributed by atoms with E-state index in [1.807, 2.05) is 13.8 Å². The Morgan fingerprint density at radius 1 is 1.16 bits per heavy atom. The van der Waals surface area contributed by atoms with E-state index in [2.05, 4.69) is 0 Å². The molecule has 0 bridgehead atoms. The van der Waals surface area contributed by atoms with Crippen LogP contribution in [0.2, 0.25) is 5.02 Å². The number of aryl methyl sites for hydroxylation is 1. The van der Waals surface area contributed by atoms with Crippen molar-refractivity contribution >= 4 is 27.1 Å². The van der Waals surface area contributed by atoms with Gasteiger partial charge in [0, 0.05) is 17.3 Å². The number of ether oxygens (including phenoxy) is 1. The normalized spacial score (nSPS) is 11.6. The van der Waals surface area contributed by atoms with Crippen LogP contribution in [0, 0.1) is 17.0 Å². The molecule has 0 aliphatic heterocycles. The molecular formula is C17H18ClNO5S. The van der Waals surface area contributed by atoms with Crippen molar-refractivity contribution in [1.82, 2.24) is 0 Å². The molecule has 0 unspecified atom stereocenters. The Labute approximate surface area is 151 Å². The molecule has 134 valence electrons. The zero-order valence-electron chi connectivity index (χ0n) is 14.2. The molecule has 0 aliphatic carbocycles. The first-order valence-electron chi connectivity index (χ1n) is 7.47. The van der Waals surface area contributed by atoms with Crippen LogP contribution in [0.1, 0.15) is 30.9 Å². The van der Waals surface area contributed by atoms with Crippen molar-refractivity contribution in [1.29, 1.82) is 0 Å². The van der Waals surface area contributed by atoms with E-state index in [1.54, 1.807) is 19.1 Å². The van der Waals surface area contributed by atoms with E-state index >= 15 is 0 Å². The maximum Gasteiger partial charge on any atom is 0.312 e. The van der Waals surface area contributed by atoms with Crippen LogP contribution >= 0.6 is 11.6 Å². The highest BCUT2D eigenvalue weighted by Gasteiger charge is 2.21.